The van der Waals surface area contributed by atoms with Crippen LogP contribution in [0, 0.1) is 0 Å². The van der Waals surface area contributed by atoms with Crippen LogP contribution in [0.3, 0.4) is 0 Å². The zero-order valence-corrected chi connectivity index (χ0v) is 18.8. The van der Waals surface area contributed by atoms with E-state index >= 15 is 0 Å². The lowest BCUT2D eigenvalue weighted by molar-refractivity contribution is 0.701. The fourth-order valence-electron chi connectivity index (χ4n) is 3.78. The number of rotatable bonds is 7. The summed E-state index contributed by atoms with van der Waals surface area (Å²) in [7, 11) is 0. The summed E-state index contributed by atoms with van der Waals surface area (Å²) in [6.07, 6.45) is 12.1. The Bertz CT molecular complexity index is 989. The molecule has 0 unspecified atom stereocenters. The van der Waals surface area contributed by atoms with E-state index in [1.165, 1.54) is 29.6 Å². The molecule has 0 bridgehead atoms. The van der Waals surface area contributed by atoms with Crippen LogP contribution >= 0.6 is 11.6 Å². The molecule has 154 valence electrons. The van der Waals surface area contributed by atoms with E-state index in [2.05, 4.69) is 68.1 Å². The lowest BCUT2D eigenvalue weighted by Gasteiger charge is -2.18. The normalized spacial score (nSPS) is 15.7. The Morgan fingerprint density at radius 2 is 1.80 bits per heavy atom. The van der Waals surface area contributed by atoms with Gasteiger partial charge in [-0.1, -0.05) is 91.0 Å². The highest BCUT2D eigenvalue weighted by atomic mass is 35.5. The summed E-state index contributed by atoms with van der Waals surface area (Å²) < 4.78 is 0. The van der Waals surface area contributed by atoms with Crippen molar-refractivity contribution in [1.82, 2.24) is 0 Å². The smallest absolute Gasteiger partial charge is 0.136 e. The van der Waals surface area contributed by atoms with E-state index in [0.29, 0.717) is 5.17 Å². The van der Waals surface area contributed by atoms with E-state index in [1.807, 2.05) is 25.1 Å². The molecular formula is C28H30ClN. The number of allylic oxidation sites excluding steroid dienone is 6. The average Bonchev–Trinajstić information content (AvgIpc) is 2.79. The second-order valence-electron chi connectivity index (χ2n) is 7.70. The number of benzene rings is 2. The standard InChI is InChI=1S/C28H30ClN/c1-4-11-23-16-18-25(19-17-23)21(2)28(29)30-22(3)27(26-14-9-6-10-15-26)20-24-12-7-5-8-13-24/h4-5,7-8,11-14,16-19H,2,6,9-10,15,20H2,1,3H3/b11-4-,27-22-,30-28?. The number of nitrogens with zero attached hydrogens (tertiary/aromatic N) is 1. The molecule has 0 heterocycles. The van der Waals surface area contributed by atoms with Crippen molar-refractivity contribution in [3.63, 3.8) is 0 Å². The molecule has 30 heavy (non-hydrogen) atoms. The highest BCUT2D eigenvalue weighted by Crippen LogP contribution is 2.30. The van der Waals surface area contributed by atoms with Crippen LogP contribution in [0.15, 0.2) is 95.2 Å². The maximum Gasteiger partial charge on any atom is 0.136 e. The first kappa shape index (κ1) is 22.1. The van der Waals surface area contributed by atoms with Gasteiger partial charge in [0.05, 0.1) is 0 Å². The van der Waals surface area contributed by atoms with E-state index in [4.69, 9.17) is 16.6 Å². The van der Waals surface area contributed by atoms with E-state index in [0.717, 1.165) is 41.7 Å². The summed E-state index contributed by atoms with van der Waals surface area (Å²) in [5, 5.41) is 0.452. The topological polar surface area (TPSA) is 12.4 Å². The Labute approximate surface area is 186 Å². The highest BCUT2D eigenvalue weighted by molar-refractivity contribution is 6.76. The second kappa shape index (κ2) is 10.9. The van der Waals surface area contributed by atoms with Crippen molar-refractivity contribution in [2.45, 2.75) is 46.0 Å². The largest absolute Gasteiger partial charge is 0.241 e. The first-order chi connectivity index (χ1) is 14.6. The number of halogens is 1. The molecule has 0 aliphatic heterocycles. The summed E-state index contributed by atoms with van der Waals surface area (Å²) in [5.74, 6) is 0. The van der Waals surface area contributed by atoms with Crippen LogP contribution in [0.5, 0.6) is 0 Å². The van der Waals surface area contributed by atoms with Crippen molar-refractivity contribution in [3.05, 3.63) is 107 Å². The summed E-state index contributed by atoms with van der Waals surface area (Å²) in [4.78, 5) is 4.79. The molecule has 1 aliphatic carbocycles. The maximum absolute atomic E-state index is 6.63. The van der Waals surface area contributed by atoms with Crippen LogP contribution < -0.4 is 0 Å². The second-order valence-corrected chi connectivity index (χ2v) is 8.06. The van der Waals surface area contributed by atoms with Crippen molar-refractivity contribution in [1.29, 1.82) is 0 Å². The minimum atomic E-state index is 0.452. The zero-order chi connectivity index (χ0) is 21.3. The lowest BCUT2D eigenvalue weighted by atomic mass is 9.89. The van der Waals surface area contributed by atoms with Gasteiger partial charge in [0.2, 0.25) is 0 Å². The summed E-state index contributed by atoms with van der Waals surface area (Å²) >= 11 is 6.63. The summed E-state index contributed by atoms with van der Waals surface area (Å²) in [6.45, 7) is 8.27. The van der Waals surface area contributed by atoms with Crippen LogP contribution in [-0.2, 0) is 6.42 Å². The Morgan fingerprint density at radius 1 is 1.07 bits per heavy atom. The van der Waals surface area contributed by atoms with Crippen molar-refractivity contribution in [3.8, 4) is 0 Å². The Kier molecular flexibility index (Phi) is 8.04. The molecule has 2 aromatic rings. The van der Waals surface area contributed by atoms with Gasteiger partial charge in [-0.25, -0.2) is 4.99 Å². The molecule has 0 saturated heterocycles. The Morgan fingerprint density at radius 3 is 2.43 bits per heavy atom. The monoisotopic (exact) mass is 415 g/mol. The SMILES string of the molecule is C=C(C(Cl)=N/C(C)=C(/Cc1ccccc1)C1=CCCCC1)c1ccc(/C=C\C)cc1. The van der Waals surface area contributed by atoms with Gasteiger partial charge in [-0.3, -0.25) is 0 Å². The van der Waals surface area contributed by atoms with Gasteiger partial charge >= 0.3 is 0 Å². The van der Waals surface area contributed by atoms with Crippen molar-refractivity contribution >= 4 is 28.4 Å². The van der Waals surface area contributed by atoms with Crippen LogP contribution in [-0.4, -0.2) is 5.17 Å². The minimum Gasteiger partial charge on any atom is -0.241 e. The first-order valence-electron chi connectivity index (χ1n) is 10.7. The molecule has 0 fully saturated rings. The van der Waals surface area contributed by atoms with Crippen LogP contribution in [0.25, 0.3) is 11.6 Å². The Hall–Kier alpha value is -2.64. The maximum atomic E-state index is 6.63. The zero-order valence-electron chi connectivity index (χ0n) is 18.0. The molecule has 0 N–H and O–H groups in total. The van der Waals surface area contributed by atoms with E-state index in [-0.39, 0.29) is 0 Å². The van der Waals surface area contributed by atoms with Crippen LogP contribution in [0.4, 0.5) is 0 Å². The lowest BCUT2D eigenvalue weighted by Crippen LogP contribution is -2.03. The number of hydrogen-bond acceptors (Lipinski definition) is 1. The van der Waals surface area contributed by atoms with E-state index < -0.39 is 0 Å². The van der Waals surface area contributed by atoms with Crippen LogP contribution in [0.1, 0.15) is 56.2 Å². The number of hydrogen-bond donors (Lipinski definition) is 0. The van der Waals surface area contributed by atoms with Gasteiger partial charge in [-0.05, 0) is 73.8 Å². The molecule has 0 radical (unpaired) electrons. The third kappa shape index (κ3) is 5.93. The molecule has 2 aromatic carbocycles. The van der Waals surface area contributed by atoms with E-state index in [1.54, 1.807) is 0 Å². The fraction of sp³-hybridized carbons (Fsp3) is 0.250. The Balaban J connectivity index is 1.90. The minimum absolute atomic E-state index is 0.452. The molecule has 0 amide bonds. The molecular weight excluding hydrogens is 386 g/mol. The molecule has 2 heteroatoms. The van der Waals surface area contributed by atoms with Crippen molar-refractivity contribution < 1.29 is 0 Å². The van der Waals surface area contributed by atoms with Gasteiger partial charge in [-0.15, -0.1) is 0 Å². The van der Waals surface area contributed by atoms with Gasteiger partial charge in [0.15, 0.2) is 0 Å². The van der Waals surface area contributed by atoms with Gasteiger partial charge in [0, 0.05) is 11.3 Å². The van der Waals surface area contributed by atoms with Gasteiger partial charge in [-0.2, -0.15) is 0 Å². The molecule has 0 atom stereocenters. The molecule has 1 aliphatic rings. The predicted octanol–water partition coefficient (Wildman–Crippen LogP) is 8.39. The van der Waals surface area contributed by atoms with Gasteiger partial charge in [0.25, 0.3) is 0 Å². The summed E-state index contributed by atoms with van der Waals surface area (Å²) in [5.41, 5.74) is 7.87. The summed E-state index contributed by atoms with van der Waals surface area (Å²) in [6, 6.07) is 18.8. The predicted molar refractivity (Wildman–Crippen MR) is 133 cm³/mol. The molecule has 0 spiro atoms. The molecule has 0 saturated carbocycles. The average molecular weight is 416 g/mol. The third-order valence-corrected chi connectivity index (χ3v) is 5.78. The highest BCUT2D eigenvalue weighted by Gasteiger charge is 2.14. The third-order valence-electron chi connectivity index (χ3n) is 5.47. The van der Waals surface area contributed by atoms with Crippen LogP contribution in [0.2, 0.25) is 0 Å². The number of aliphatic imine (C=N–C) groups is 1. The fourth-order valence-corrected chi connectivity index (χ4v) is 4.01. The molecule has 0 aromatic heterocycles. The van der Waals surface area contributed by atoms with E-state index in [9.17, 15) is 0 Å². The first-order valence-corrected chi connectivity index (χ1v) is 11.1. The van der Waals surface area contributed by atoms with Crippen molar-refractivity contribution in [2.24, 2.45) is 4.99 Å². The molecule has 3 rings (SSSR count). The molecule has 1 nitrogen and oxygen atoms in total. The van der Waals surface area contributed by atoms with Gasteiger partial charge < -0.3 is 0 Å². The quantitative estimate of drug-likeness (QED) is 0.402. The van der Waals surface area contributed by atoms with Gasteiger partial charge in [0.1, 0.15) is 5.17 Å². The van der Waals surface area contributed by atoms with Crippen molar-refractivity contribution in [2.75, 3.05) is 0 Å².